The summed E-state index contributed by atoms with van der Waals surface area (Å²) in [7, 11) is 0. The number of carbonyl (C=O) groups is 1. The number of piperidine rings is 1. The van der Waals surface area contributed by atoms with E-state index in [4.69, 9.17) is 0 Å². The molecule has 0 aliphatic carbocycles. The number of halogens is 4. The van der Waals surface area contributed by atoms with Crippen molar-refractivity contribution in [1.29, 1.82) is 5.26 Å². The third-order valence-electron chi connectivity index (χ3n) is 6.28. The Hall–Kier alpha value is -2.73. The molecule has 3 heterocycles. The SMILES string of the molecule is N#Cc1ccc(N2C[C@H](CC(=O)[C@]3(F)CCNC3)C[C@H](C(F)(F)F)C2)c2cccnc12. The minimum atomic E-state index is -4.43. The van der Waals surface area contributed by atoms with Gasteiger partial charge in [-0.3, -0.25) is 9.78 Å². The summed E-state index contributed by atoms with van der Waals surface area (Å²) < 4.78 is 55.9. The summed E-state index contributed by atoms with van der Waals surface area (Å²) in [5, 5.41) is 12.7. The van der Waals surface area contributed by atoms with E-state index in [9.17, 15) is 27.6 Å². The van der Waals surface area contributed by atoms with Crippen LogP contribution < -0.4 is 10.2 Å². The highest BCUT2D eigenvalue weighted by Crippen LogP contribution is 2.40. The highest BCUT2D eigenvalue weighted by atomic mass is 19.4. The van der Waals surface area contributed by atoms with E-state index in [0.717, 1.165) is 0 Å². The molecule has 0 saturated carbocycles. The van der Waals surface area contributed by atoms with Crippen LogP contribution in [0.15, 0.2) is 30.5 Å². The lowest BCUT2D eigenvalue weighted by atomic mass is 9.82. The Bertz CT molecular complexity index is 1030. The second kappa shape index (κ2) is 8.08. The summed E-state index contributed by atoms with van der Waals surface area (Å²) in [4.78, 5) is 18.4. The van der Waals surface area contributed by atoms with Crippen LogP contribution in [0.5, 0.6) is 0 Å². The molecule has 2 aliphatic rings. The molecule has 0 amide bonds. The molecule has 2 aliphatic heterocycles. The van der Waals surface area contributed by atoms with E-state index < -0.39 is 29.5 Å². The number of nitriles is 1. The summed E-state index contributed by atoms with van der Waals surface area (Å²) in [5.41, 5.74) is -0.709. The van der Waals surface area contributed by atoms with Gasteiger partial charge < -0.3 is 10.2 Å². The van der Waals surface area contributed by atoms with Crippen molar-refractivity contribution in [2.24, 2.45) is 11.8 Å². The molecular formula is C22H22F4N4O. The largest absolute Gasteiger partial charge is 0.393 e. The zero-order valence-electron chi connectivity index (χ0n) is 16.8. The molecule has 5 nitrogen and oxygen atoms in total. The lowest BCUT2D eigenvalue weighted by Crippen LogP contribution is -2.47. The first kappa shape index (κ1) is 21.5. The number of carbonyl (C=O) groups excluding carboxylic acids is 1. The topological polar surface area (TPSA) is 69.0 Å². The van der Waals surface area contributed by atoms with E-state index in [-0.39, 0.29) is 38.9 Å². The van der Waals surface area contributed by atoms with Crippen molar-refractivity contribution in [2.45, 2.75) is 31.1 Å². The average molecular weight is 434 g/mol. The highest BCUT2D eigenvalue weighted by Gasteiger charge is 2.47. The normalized spacial score (nSPS) is 26.7. The Kier molecular flexibility index (Phi) is 5.60. The highest BCUT2D eigenvalue weighted by molar-refractivity contribution is 5.95. The first-order chi connectivity index (χ1) is 14.7. The van der Waals surface area contributed by atoms with Crippen molar-refractivity contribution in [3.8, 4) is 6.07 Å². The number of alkyl halides is 4. The number of aromatic nitrogens is 1. The Morgan fingerprint density at radius 2 is 2.13 bits per heavy atom. The predicted molar refractivity (Wildman–Crippen MR) is 107 cm³/mol. The summed E-state index contributed by atoms with van der Waals surface area (Å²) in [5.74, 6) is -2.88. The number of nitrogens with zero attached hydrogens (tertiary/aromatic N) is 3. The lowest BCUT2D eigenvalue weighted by Gasteiger charge is -2.40. The van der Waals surface area contributed by atoms with Gasteiger partial charge in [-0.05, 0) is 43.1 Å². The summed E-state index contributed by atoms with van der Waals surface area (Å²) in [6.07, 6.45) is -3.28. The van der Waals surface area contributed by atoms with Crippen LogP contribution in [0.1, 0.15) is 24.8 Å². The van der Waals surface area contributed by atoms with Crippen LogP contribution in [0.25, 0.3) is 10.9 Å². The van der Waals surface area contributed by atoms with Crippen LogP contribution in [0.2, 0.25) is 0 Å². The Morgan fingerprint density at radius 1 is 1.32 bits per heavy atom. The zero-order valence-corrected chi connectivity index (χ0v) is 16.8. The minimum absolute atomic E-state index is 0.0525. The quantitative estimate of drug-likeness (QED) is 0.742. The molecule has 2 aromatic rings. The van der Waals surface area contributed by atoms with Gasteiger partial charge in [-0.2, -0.15) is 18.4 Å². The van der Waals surface area contributed by atoms with Crippen molar-refractivity contribution in [2.75, 3.05) is 31.1 Å². The smallest absolute Gasteiger partial charge is 0.370 e. The van der Waals surface area contributed by atoms with Crippen molar-refractivity contribution in [3.63, 3.8) is 0 Å². The first-order valence-corrected chi connectivity index (χ1v) is 10.2. The second-order valence-electron chi connectivity index (χ2n) is 8.41. The second-order valence-corrected chi connectivity index (χ2v) is 8.41. The van der Waals surface area contributed by atoms with Crippen molar-refractivity contribution in [3.05, 3.63) is 36.0 Å². The lowest BCUT2D eigenvalue weighted by molar-refractivity contribution is -0.180. The molecule has 1 aromatic heterocycles. The predicted octanol–water partition coefficient (Wildman–Crippen LogP) is 3.77. The van der Waals surface area contributed by atoms with Gasteiger partial charge in [0.15, 0.2) is 11.5 Å². The van der Waals surface area contributed by atoms with Gasteiger partial charge in [0.05, 0.1) is 17.0 Å². The number of fused-ring (bicyclic) bond motifs is 1. The van der Waals surface area contributed by atoms with Gasteiger partial charge in [-0.15, -0.1) is 0 Å². The fourth-order valence-corrected chi connectivity index (χ4v) is 4.65. The number of rotatable bonds is 4. The number of hydrogen-bond donors (Lipinski definition) is 1. The molecule has 3 atom stereocenters. The molecule has 9 heteroatoms. The van der Waals surface area contributed by atoms with Crippen molar-refractivity contribution in [1.82, 2.24) is 10.3 Å². The number of nitrogens with one attached hydrogen (secondary N) is 1. The van der Waals surface area contributed by atoms with Crippen LogP contribution in [0.3, 0.4) is 0 Å². The standard InChI is InChI=1S/C22H22F4N4O/c23-21(5-7-28-13-21)19(31)9-14-8-16(22(24,25)26)12-30(11-14)18-4-3-15(10-27)20-17(18)2-1-6-29-20/h1-4,6,14,16,28H,5,7-9,11-13H2/t14-,16-,21-/m0/s1. The third kappa shape index (κ3) is 4.22. The van der Waals surface area contributed by atoms with Crippen LogP contribution in [0, 0.1) is 23.2 Å². The van der Waals surface area contributed by atoms with Gasteiger partial charge in [0, 0.05) is 49.7 Å². The van der Waals surface area contributed by atoms with E-state index in [1.165, 1.54) is 6.20 Å². The molecule has 1 aromatic carbocycles. The average Bonchev–Trinajstić information content (AvgIpc) is 3.20. The summed E-state index contributed by atoms with van der Waals surface area (Å²) in [6, 6.07) is 8.60. The molecule has 1 N–H and O–H groups in total. The molecule has 0 unspecified atom stereocenters. The number of anilines is 1. The Balaban J connectivity index is 1.65. The molecule has 4 rings (SSSR count). The van der Waals surface area contributed by atoms with Crippen LogP contribution in [0.4, 0.5) is 23.2 Å². The number of benzene rings is 1. The minimum Gasteiger partial charge on any atom is -0.370 e. The van der Waals surface area contributed by atoms with Gasteiger partial charge in [-0.25, -0.2) is 4.39 Å². The molecule has 2 saturated heterocycles. The third-order valence-corrected chi connectivity index (χ3v) is 6.28. The maximum Gasteiger partial charge on any atom is 0.393 e. The van der Waals surface area contributed by atoms with E-state index >= 15 is 0 Å². The monoisotopic (exact) mass is 434 g/mol. The van der Waals surface area contributed by atoms with Gasteiger partial charge in [0.25, 0.3) is 0 Å². The Morgan fingerprint density at radius 3 is 2.81 bits per heavy atom. The number of pyridine rings is 1. The van der Waals surface area contributed by atoms with Crippen LogP contribution >= 0.6 is 0 Å². The first-order valence-electron chi connectivity index (χ1n) is 10.2. The molecule has 31 heavy (non-hydrogen) atoms. The van der Waals surface area contributed by atoms with Gasteiger partial charge >= 0.3 is 6.18 Å². The number of Topliss-reactive ketones (excluding diaryl/α,β-unsaturated/α-hetero) is 1. The number of ketones is 1. The maximum atomic E-state index is 14.8. The van der Waals surface area contributed by atoms with Gasteiger partial charge in [0.1, 0.15) is 6.07 Å². The van der Waals surface area contributed by atoms with E-state index in [1.54, 1.807) is 29.2 Å². The molecule has 2 fully saturated rings. The van der Waals surface area contributed by atoms with E-state index in [1.807, 2.05) is 0 Å². The van der Waals surface area contributed by atoms with Crippen molar-refractivity contribution < 1.29 is 22.4 Å². The maximum absolute atomic E-state index is 14.8. The summed E-state index contributed by atoms with van der Waals surface area (Å²) in [6.45, 7) is 0.246. The fourth-order valence-electron chi connectivity index (χ4n) is 4.65. The molecule has 164 valence electrons. The molecule has 0 spiro atoms. The van der Waals surface area contributed by atoms with Crippen molar-refractivity contribution >= 4 is 22.4 Å². The summed E-state index contributed by atoms with van der Waals surface area (Å²) >= 11 is 0. The van der Waals surface area contributed by atoms with Gasteiger partial charge in [0.2, 0.25) is 0 Å². The molecular weight excluding hydrogens is 412 g/mol. The zero-order chi connectivity index (χ0) is 22.2. The van der Waals surface area contributed by atoms with Crippen LogP contribution in [-0.4, -0.2) is 48.8 Å². The van der Waals surface area contributed by atoms with E-state index in [0.29, 0.717) is 28.7 Å². The van der Waals surface area contributed by atoms with Gasteiger partial charge in [-0.1, -0.05) is 0 Å². The number of hydrogen-bond acceptors (Lipinski definition) is 5. The molecule has 0 bridgehead atoms. The fraction of sp³-hybridized carbons (Fsp3) is 0.500. The van der Waals surface area contributed by atoms with E-state index in [2.05, 4.69) is 16.4 Å². The molecule has 0 radical (unpaired) electrons. The Labute approximate surface area is 177 Å². The van der Waals surface area contributed by atoms with Crippen LogP contribution in [-0.2, 0) is 4.79 Å².